The zero-order chi connectivity index (χ0) is 32.6. The van der Waals surface area contributed by atoms with Crippen molar-refractivity contribution < 1.29 is 41.8 Å². The van der Waals surface area contributed by atoms with Gasteiger partial charge in [-0.3, -0.25) is 0 Å². The topological polar surface area (TPSA) is 99.9 Å². The summed E-state index contributed by atoms with van der Waals surface area (Å²) < 4.78 is 146. The molecule has 0 aliphatic heterocycles. The number of ether oxygens (including phenoxy) is 3. The van der Waals surface area contributed by atoms with Crippen LogP contribution in [-0.4, -0.2) is 41.2 Å². The van der Waals surface area contributed by atoms with Crippen molar-refractivity contribution in [3.8, 4) is 17.2 Å². The second-order valence-corrected chi connectivity index (χ2v) is 6.87. The molecule has 0 amide bonds. The maximum absolute atomic E-state index is 12.0. The minimum absolute atomic E-state index is 0.183. The first kappa shape index (κ1) is 9.47. The Morgan fingerprint density at radius 3 is 2.68 bits per heavy atom. The summed E-state index contributed by atoms with van der Waals surface area (Å²) in [6.07, 6.45) is -2.29. The SMILES string of the molecule is [2H]c1c([2H])c([2H])c(OC([2H])([2H])C([2H])([2H])[2H])c(OCCN[C@H](C)C([2H])([2H])c2ccc(OC([2H])([2H])[2H])c(S(N)(=O)=O)c2)c1[2H]. The number of hydrogen-bond acceptors (Lipinski definition) is 6. The van der Waals surface area contributed by atoms with E-state index in [1.807, 2.05) is 0 Å². The van der Waals surface area contributed by atoms with Crippen LogP contribution >= 0.6 is 0 Å². The molecule has 0 fully saturated rings. The van der Waals surface area contributed by atoms with Crippen LogP contribution < -0.4 is 24.7 Å². The molecule has 8 heteroatoms. The number of rotatable bonds is 11. The van der Waals surface area contributed by atoms with E-state index < -0.39 is 95.8 Å². The third-order valence-corrected chi connectivity index (χ3v) is 4.25. The lowest BCUT2D eigenvalue weighted by Crippen LogP contribution is -2.32. The van der Waals surface area contributed by atoms with Gasteiger partial charge in [-0.05, 0) is 49.9 Å². The Bertz CT molecular complexity index is 1410. The first-order valence-corrected chi connectivity index (χ1v) is 9.38. The van der Waals surface area contributed by atoms with Gasteiger partial charge in [0.25, 0.3) is 0 Å². The van der Waals surface area contributed by atoms with E-state index in [0.717, 1.165) is 18.2 Å². The number of primary sulfonamides is 1. The van der Waals surface area contributed by atoms with Crippen molar-refractivity contribution in [2.24, 2.45) is 5.14 Å². The van der Waals surface area contributed by atoms with Crippen LogP contribution in [0.25, 0.3) is 0 Å². The molecular formula is C20H28N2O5S. The average Bonchev–Trinajstić information content (AvgIpc) is 2.82. The average molecular weight is 423 g/mol. The fraction of sp³-hybridized carbons (Fsp3) is 0.400. The predicted molar refractivity (Wildman–Crippen MR) is 109 cm³/mol. The largest absolute Gasteiger partial charge is 0.495 e. The molecule has 2 rings (SSSR count). The quantitative estimate of drug-likeness (QED) is 0.539. The molecule has 3 N–H and O–H groups in total. The Kier molecular flexibility index (Phi) is 3.49. The Morgan fingerprint density at radius 2 is 2.00 bits per heavy atom. The number of nitrogens with two attached hydrogens (primary N) is 1. The van der Waals surface area contributed by atoms with Gasteiger partial charge < -0.3 is 19.5 Å². The number of sulfonamides is 1. The second-order valence-electron chi connectivity index (χ2n) is 5.34. The fourth-order valence-electron chi connectivity index (χ4n) is 2.15. The van der Waals surface area contributed by atoms with E-state index in [0.29, 0.717) is 0 Å². The molecular weight excluding hydrogens is 380 g/mol. The van der Waals surface area contributed by atoms with E-state index >= 15 is 0 Å². The lowest BCUT2D eigenvalue weighted by Gasteiger charge is -2.16. The van der Waals surface area contributed by atoms with Gasteiger partial charge in [-0.1, -0.05) is 18.2 Å². The van der Waals surface area contributed by atoms with Gasteiger partial charge in [0.1, 0.15) is 17.3 Å². The lowest BCUT2D eigenvalue weighted by molar-refractivity contribution is 0.272. The van der Waals surface area contributed by atoms with Crippen molar-refractivity contribution in [1.82, 2.24) is 5.32 Å². The minimum Gasteiger partial charge on any atom is -0.495 e. The monoisotopic (exact) mass is 422 g/mol. The Hall–Kier alpha value is -2.29. The smallest absolute Gasteiger partial charge is 0.241 e. The van der Waals surface area contributed by atoms with Gasteiger partial charge in [-0.25, -0.2) is 13.6 Å². The fourth-order valence-corrected chi connectivity index (χ4v) is 2.83. The number of benzene rings is 2. The van der Waals surface area contributed by atoms with Crippen molar-refractivity contribution in [2.75, 3.05) is 26.7 Å². The van der Waals surface area contributed by atoms with Crippen LogP contribution in [0.2, 0.25) is 0 Å². The van der Waals surface area contributed by atoms with Crippen molar-refractivity contribution >= 4 is 10.0 Å². The van der Waals surface area contributed by atoms with Crippen LogP contribution in [0.5, 0.6) is 17.2 Å². The van der Waals surface area contributed by atoms with Gasteiger partial charge in [0.15, 0.2) is 11.5 Å². The van der Waals surface area contributed by atoms with Gasteiger partial charge in [-0.2, -0.15) is 0 Å². The molecule has 0 spiro atoms. The van der Waals surface area contributed by atoms with E-state index in [4.69, 9.17) is 33.8 Å². The number of methoxy groups -OCH3 is 1. The number of para-hydroxylation sites is 2. The zero-order valence-corrected chi connectivity index (χ0v) is 15.6. The Morgan fingerprint density at radius 1 is 1.25 bits per heavy atom. The van der Waals surface area contributed by atoms with Crippen LogP contribution in [0.4, 0.5) is 0 Å². The summed E-state index contributed by atoms with van der Waals surface area (Å²) in [5.41, 5.74) is -0.204. The highest BCUT2D eigenvalue weighted by atomic mass is 32.2. The first-order chi connectivity index (χ1) is 18.8. The van der Waals surface area contributed by atoms with Crippen LogP contribution in [0, 0.1) is 0 Å². The standard InChI is InChI=1S/C20H28N2O5S/c1-4-26-17-7-5-6-8-18(17)27-12-11-22-15(2)13-16-9-10-19(25-3)20(14-16)28(21,23)24/h5-10,14-15,22H,4,11-13H2,1-3H3,(H2,21,23,24)/t15-/m1/s1/i1D3,3D3,4D2,5D,6D,7D,8D,13D2. The van der Waals surface area contributed by atoms with Crippen molar-refractivity contribution in [1.29, 1.82) is 0 Å². The third kappa shape index (κ3) is 6.40. The summed E-state index contributed by atoms with van der Waals surface area (Å²) in [5, 5.41) is 7.93. The van der Waals surface area contributed by atoms with Gasteiger partial charge in [0.2, 0.25) is 10.0 Å². The molecule has 2 aromatic carbocycles. The Labute approximate surface area is 186 Å². The number of hydrogen-bond donors (Lipinski definition) is 2. The van der Waals surface area contributed by atoms with E-state index in [2.05, 4.69) is 10.1 Å². The minimum atomic E-state index is -4.52. The summed E-state index contributed by atoms with van der Waals surface area (Å²) in [4.78, 5) is -0.752. The molecule has 0 aromatic heterocycles. The molecule has 0 aliphatic carbocycles. The summed E-state index contributed by atoms with van der Waals surface area (Å²) in [6.45, 7) is -5.85. The molecule has 0 aliphatic rings. The molecule has 0 heterocycles. The summed E-state index contributed by atoms with van der Waals surface area (Å²) in [7, 11) is -7.53. The molecule has 0 radical (unpaired) electrons. The van der Waals surface area contributed by atoms with Crippen molar-refractivity contribution in [3.05, 3.63) is 47.9 Å². The normalized spacial score (nSPS) is 21.6. The second kappa shape index (κ2) is 10.3. The molecule has 2 aromatic rings. The van der Waals surface area contributed by atoms with Crippen LogP contribution in [0.3, 0.4) is 0 Å². The molecule has 7 nitrogen and oxygen atoms in total. The van der Waals surface area contributed by atoms with Crippen molar-refractivity contribution in [3.63, 3.8) is 0 Å². The first-order valence-electron chi connectivity index (χ1n) is 14.8. The number of nitrogens with one attached hydrogen (secondary N) is 1. The summed E-state index contributed by atoms with van der Waals surface area (Å²) >= 11 is 0. The van der Waals surface area contributed by atoms with Gasteiger partial charge >= 0.3 is 0 Å². The van der Waals surface area contributed by atoms with Gasteiger partial charge in [0.05, 0.1) is 25.9 Å². The van der Waals surface area contributed by atoms with E-state index in [-0.39, 0.29) is 12.1 Å². The van der Waals surface area contributed by atoms with Crippen LogP contribution in [0.1, 0.15) is 38.5 Å². The van der Waals surface area contributed by atoms with Crippen molar-refractivity contribution in [2.45, 2.75) is 31.1 Å². The maximum atomic E-state index is 12.0. The highest BCUT2D eigenvalue weighted by Crippen LogP contribution is 2.26. The summed E-state index contributed by atoms with van der Waals surface area (Å²) in [6, 6.07) is -1.39. The highest BCUT2D eigenvalue weighted by molar-refractivity contribution is 7.89. The third-order valence-electron chi connectivity index (χ3n) is 3.32. The molecule has 0 bridgehead atoms. The van der Waals surface area contributed by atoms with Gasteiger partial charge in [-0.15, -0.1) is 0 Å². The predicted octanol–water partition coefficient (Wildman–Crippen LogP) is 2.34. The van der Waals surface area contributed by atoms with Gasteiger partial charge in [0, 0.05) is 19.4 Å². The van der Waals surface area contributed by atoms with Crippen LogP contribution in [0.15, 0.2) is 47.3 Å². The van der Waals surface area contributed by atoms with E-state index in [1.165, 1.54) is 6.92 Å². The molecule has 154 valence electrons. The zero-order valence-electron chi connectivity index (χ0n) is 28.8. The van der Waals surface area contributed by atoms with Crippen LogP contribution in [-0.2, 0) is 16.4 Å². The highest BCUT2D eigenvalue weighted by Gasteiger charge is 2.16. The van der Waals surface area contributed by atoms with E-state index in [1.54, 1.807) is 0 Å². The molecule has 0 saturated carbocycles. The molecule has 28 heavy (non-hydrogen) atoms. The molecule has 1 atom stereocenters. The molecule has 0 unspecified atom stereocenters. The lowest BCUT2D eigenvalue weighted by atomic mass is 10.1. The van der Waals surface area contributed by atoms with E-state index in [9.17, 15) is 8.42 Å². The molecule has 0 saturated heterocycles. The summed E-state index contributed by atoms with van der Waals surface area (Å²) in [5.74, 6) is -2.14. The Balaban J connectivity index is 2.27. The maximum Gasteiger partial charge on any atom is 0.241 e.